The van der Waals surface area contributed by atoms with Crippen LogP contribution in [0.25, 0.3) is 0 Å². The third kappa shape index (κ3) is 4.11. The second-order valence-corrected chi connectivity index (χ2v) is 6.39. The number of carbonyl (C=O) groups excluding carboxylic acids is 2. The van der Waals surface area contributed by atoms with E-state index in [1.165, 1.54) is 0 Å². The Balaban J connectivity index is 1.91. The average molecular weight is 337 g/mol. The highest BCUT2D eigenvalue weighted by Crippen LogP contribution is 2.33. The molecular weight excluding hydrogens is 310 g/mol. The van der Waals surface area contributed by atoms with Crippen LogP contribution in [0, 0.1) is 13.8 Å². The molecule has 1 aliphatic heterocycles. The lowest BCUT2D eigenvalue weighted by Crippen LogP contribution is -2.52. The van der Waals surface area contributed by atoms with Crippen LogP contribution in [0.1, 0.15) is 37.8 Å². The Labute approximate surface area is 142 Å². The van der Waals surface area contributed by atoms with E-state index >= 15 is 0 Å². The quantitative estimate of drug-likeness (QED) is 0.779. The highest BCUT2D eigenvalue weighted by atomic mass is 16.5. The first-order valence-electron chi connectivity index (χ1n) is 8.30. The molecule has 2 amide bonds. The smallest absolute Gasteiger partial charge is 0.222 e. The molecule has 0 spiro atoms. The summed E-state index contributed by atoms with van der Waals surface area (Å²) >= 11 is 0. The number of aromatic nitrogens is 3. The molecule has 1 fully saturated rings. The topological polar surface area (TPSA) is 89.3 Å². The zero-order valence-corrected chi connectivity index (χ0v) is 15.0. The molecule has 8 heteroatoms. The Hall–Kier alpha value is -1.96. The average Bonchev–Trinajstić information content (AvgIpc) is 3.03. The van der Waals surface area contributed by atoms with Crippen LogP contribution in [0.4, 0.5) is 0 Å². The van der Waals surface area contributed by atoms with E-state index in [0.29, 0.717) is 26.2 Å². The molecule has 0 aliphatic carbocycles. The number of nitrogens with one attached hydrogen (secondary N) is 1. The molecule has 0 bridgehead atoms. The van der Waals surface area contributed by atoms with Gasteiger partial charge >= 0.3 is 0 Å². The van der Waals surface area contributed by atoms with Crippen molar-refractivity contribution in [2.45, 2.75) is 52.1 Å². The van der Waals surface area contributed by atoms with E-state index in [9.17, 15) is 9.59 Å². The van der Waals surface area contributed by atoms with Gasteiger partial charge in [0, 0.05) is 27.1 Å². The molecule has 0 saturated carbocycles. The summed E-state index contributed by atoms with van der Waals surface area (Å²) in [5.74, 6) is 1.47. The van der Waals surface area contributed by atoms with Gasteiger partial charge in [0.15, 0.2) is 0 Å². The van der Waals surface area contributed by atoms with Gasteiger partial charge < -0.3 is 15.0 Å². The molecule has 24 heavy (non-hydrogen) atoms. The van der Waals surface area contributed by atoms with Gasteiger partial charge in [0.25, 0.3) is 0 Å². The Bertz CT molecular complexity index is 601. The van der Waals surface area contributed by atoms with Gasteiger partial charge in [-0.3, -0.25) is 9.59 Å². The summed E-state index contributed by atoms with van der Waals surface area (Å²) in [4.78, 5) is 30.3. The summed E-state index contributed by atoms with van der Waals surface area (Å²) in [5.41, 5.74) is -0.523. The predicted octanol–water partition coefficient (Wildman–Crippen LogP) is 0.429. The molecule has 1 aliphatic rings. The number of aryl methyl sites for hydroxylation is 2. The van der Waals surface area contributed by atoms with Gasteiger partial charge in [-0.25, -0.2) is 9.67 Å². The summed E-state index contributed by atoms with van der Waals surface area (Å²) in [7, 11) is 1.60. The molecule has 8 nitrogen and oxygen atoms in total. The van der Waals surface area contributed by atoms with Gasteiger partial charge in [0.2, 0.25) is 11.8 Å². The molecule has 1 aromatic heterocycles. The normalized spacial score (nSPS) is 20.4. The van der Waals surface area contributed by atoms with E-state index < -0.39 is 5.54 Å². The minimum atomic E-state index is -0.523. The lowest BCUT2D eigenvalue weighted by atomic mass is 9.92. The minimum Gasteiger partial charge on any atom is -0.382 e. The lowest BCUT2D eigenvalue weighted by molar-refractivity contribution is -0.137. The van der Waals surface area contributed by atoms with Gasteiger partial charge in [0.05, 0.1) is 25.1 Å². The maximum absolute atomic E-state index is 12.4. The zero-order chi connectivity index (χ0) is 17.7. The molecule has 0 radical (unpaired) electrons. The second-order valence-electron chi connectivity index (χ2n) is 6.39. The number of methoxy groups -OCH3 is 1. The van der Waals surface area contributed by atoms with Crippen LogP contribution < -0.4 is 5.32 Å². The predicted molar refractivity (Wildman–Crippen MR) is 88.4 cm³/mol. The van der Waals surface area contributed by atoms with E-state index in [1.807, 2.05) is 13.8 Å². The highest BCUT2D eigenvalue weighted by molar-refractivity contribution is 5.80. The number of hydrogen-bond donors (Lipinski definition) is 1. The molecule has 1 unspecified atom stereocenters. The third-order valence-electron chi connectivity index (χ3n) is 4.49. The second kappa shape index (κ2) is 7.74. The number of amides is 2. The van der Waals surface area contributed by atoms with Crippen LogP contribution in [-0.2, 0) is 20.9 Å². The molecule has 1 atom stereocenters. The van der Waals surface area contributed by atoms with Crippen molar-refractivity contribution in [2.75, 3.05) is 26.8 Å². The van der Waals surface area contributed by atoms with Crippen molar-refractivity contribution < 1.29 is 14.3 Å². The van der Waals surface area contributed by atoms with Crippen molar-refractivity contribution >= 4 is 11.8 Å². The first-order valence-corrected chi connectivity index (χ1v) is 8.30. The monoisotopic (exact) mass is 337 g/mol. The molecule has 1 N–H and O–H groups in total. The molecule has 2 heterocycles. The fourth-order valence-electron chi connectivity index (χ4n) is 3.52. The Kier molecular flexibility index (Phi) is 5.93. The summed E-state index contributed by atoms with van der Waals surface area (Å²) in [6, 6.07) is 0. The van der Waals surface area contributed by atoms with Crippen LogP contribution in [0.2, 0.25) is 0 Å². The van der Waals surface area contributed by atoms with E-state index in [-0.39, 0.29) is 18.2 Å². The number of hydrogen-bond acceptors (Lipinski definition) is 5. The van der Waals surface area contributed by atoms with Crippen molar-refractivity contribution in [3.05, 3.63) is 11.6 Å². The van der Waals surface area contributed by atoms with E-state index in [4.69, 9.17) is 4.74 Å². The maximum Gasteiger partial charge on any atom is 0.222 e. The number of carbonyl (C=O) groups is 2. The summed E-state index contributed by atoms with van der Waals surface area (Å²) in [6.07, 6.45) is 1.94. The van der Waals surface area contributed by atoms with Crippen molar-refractivity contribution in [1.29, 1.82) is 0 Å². The molecule has 2 rings (SSSR count). The van der Waals surface area contributed by atoms with Gasteiger partial charge in [-0.05, 0) is 26.7 Å². The zero-order valence-electron chi connectivity index (χ0n) is 15.0. The van der Waals surface area contributed by atoms with Crippen LogP contribution in [-0.4, -0.2) is 63.8 Å². The Morgan fingerprint density at radius 3 is 2.71 bits per heavy atom. The van der Waals surface area contributed by atoms with Crippen LogP contribution in [0.5, 0.6) is 0 Å². The number of ether oxygens (including phenoxy) is 1. The maximum atomic E-state index is 12.4. The number of rotatable bonds is 7. The number of nitrogens with zero attached hydrogens (tertiary/aromatic N) is 4. The summed E-state index contributed by atoms with van der Waals surface area (Å²) in [5, 5.41) is 7.19. The fourth-order valence-corrected chi connectivity index (χ4v) is 3.52. The molecule has 1 aromatic rings. The highest BCUT2D eigenvalue weighted by Gasteiger charge is 2.44. The van der Waals surface area contributed by atoms with Crippen molar-refractivity contribution in [2.24, 2.45) is 0 Å². The fraction of sp³-hybridized carbons (Fsp3) is 0.750. The van der Waals surface area contributed by atoms with Gasteiger partial charge in [0.1, 0.15) is 11.6 Å². The van der Waals surface area contributed by atoms with E-state index in [1.54, 1.807) is 23.6 Å². The molecule has 1 saturated heterocycles. The first-order chi connectivity index (χ1) is 11.4. The molecular formula is C16H27N5O3. The lowest BCUT2D eigenvalue weighted by Gasteiger charge is -2.37. The van der Waals surface area contributed by atoms with Crippen LogP contribution in [0.15, 0.2) is 0 Å². The van der Waals surface area contributed by atoms with Gasteiger partial charge in [-0.15, -0.1) is 0 Å². The standard InChI is InChI=1S/C16H27N5O3/c1-12-18-13(2)21(19-12)9-7-17-15(23)10-16(11-24-4)6-5-8-20(16)14(3)22/h5-11H2,1-4H3,(H,17,23). The van der Waals surface area contributed by atoms with E-state index in [2.05, 4.69) is 15.4 Å². The van der Waals surface area contributed by atoms with Crippen molar-refractivity contribution in [1.82, 2.24) is 25.0 Å². The molecule has 134 valence electrons. The Morgan fingerprint density at radius 1 is 1.38 bits per heavy atom. The molecule has 0 aromatic carbocycles. The number of likely N-dealkylation sites (tertiary alicyclic amines) is 1. The minimum absolute atomic E-state index is 0.00827. The SMILES string of the molecule is COCC1(CC(=O)NCCn2nc(C)nc2C)CCCN1C(C)=O. The Morgan fingerprint density at radius 2 is 2.12 bits per heavy atom. The van der Waals surface area contributed by atoms with Gasteiger partial charge in [-0.1, -0.05) is 0 Å². The summed E-state index contributed by atoms with van der Waals surface area (Å²) in [6.45, 7) is 7.39. The van der Waals surface area contributed by atoms with Crippen LogP contribution >= 0.6 is 0 Å². The van der Waals surface area contributed by atoms with E-state index in [0.717, 1.165) is 24.5 Å². The largest absolute Gasteiger partial charge is 0.382 e. The third-order valence-corrected chi connectivity index (χ3v) is 4.49. The van der Waals surface area contributed by atoms with Crippen molar-refractivity contribution in [3.8, 4) is 0 Å². The first kappa shape index (κ1) is 18.4. The van der Waals surface area contributed by atoms with Crippen LogP contribution in [0.3, 0.4) is 0 Å². The summed E-state index contributed by atoms with van der Waals surface area (Å²) < 4.78 is 7.08. The van der Waals surface area contributed by atoms with Crippen molar-refractivity contribution in [3.63, 3.8) is 0 Å². The van der Waals surface area contributed by atoms with Gasteiger partial charge in [-0.2, -0.15) is 5.10 Å².